The second kappa shape index (κ2) is 4.74. The van der Waals surface area contributed by atoms with Gasteiger partial charge in [-0.2, -0.15) is 5.48 Å². The topological polar surface area (TPSA) is 38.3 Å². The van der Waals surface area contributed by atoms with Crippen molar-refractivity contribution in [3.8, 4) is 0 Å². The maximum atomic E-state index is 9.74. The molecule has 0 aliphatic heterocycles. The van der Waals surface area contributed by atoms with Gasteiger partial charge >= 0.3 is 0 Å². The van der Waals surface area contributed by atoms with Crippen LogP contribution in [-0.2, 0) is 9.63 Å². The monoisotopic (exact) mass is 116 g/mol. The summed E-state index contributed by atoms with van der Waals surface area (Å²) < 4.78 is 0. The first-order chi connectivity index (χ1) is 3.81. The Bertz CT molecular complexity index is 65.4. The molecule has 0 fully saturated rings. The fourth-order valence-electron chi connectivity index (χ4n) is 0.232. The predicted molar refractivity (Wildman–Crippen MR) is 29.9 cm³/mol. The summed E-state index contributed by atoms with van der Waals surface area (Å²) in [7, 11) is 0. The van der Waals surface area contributed by atoms with Gasteiger partial charge in [0.1, 0.15) is 0 Å². The number of nitrogens with one attached hydrogen (secondary N) is 1. The lowest BCUT2D eigenvalue weighted by molar-refractivity contribution is 0.0427. The summed E-state index contributed by atoms with van der Waals surface area (Å²) in [5.41, 5.74) is 2.46. The molecule has 3 nitrogen and oxygen atoms in total. The Morgan fingerprint density at radius 1 is 1.88 bits per heavy atom. The van der Waals surface area contributed by atoms with Crippen LogP contribution in [0.25, 0.3) is 0 Å². The van der Waals surface area contributed by atoms with E-state index in [1.165, 1.54) is 0 Å². The molecule has 0 spiro atoms. The van der Waals surface area contributed by atoms with Gasteiger partial charge in [0.15, 0.2) is 0 Å². The average Bonchev–Trinajstić information content (AvgIpc) is 1.83. The Balaban J connectivity index is 2.98. The Morgan fingerprint density at radius 2 is 2.50 bits per heavy atom. The van der Waals surface area contributed by atoms with Crippen LogP contribution in [0.4, 0.5) is 0 Å². The normalized spacial score (nSPS) is 13.2. The van der Waals surface area contributed by atoms with Crippen molar-refractivity contribution in [1.82, 2.24) is 5.48 Å². The van der Waals surface area contributed by atoms with Gasteiger partial charge in [0.25, 0.3) is 0 Å². The molecule has 3 heteroatoms. The second-order valence-electron chi connectivity index (χ2n) is 1.39. The number of hydrogen-bond acceptors (Lipinski definition) is 3. The van der Waals surface area contributed by atoms with E-state index in [0.717, 1.165) is 0 Å². The molecule has 0 saturated heterocycles. The highest BCUT2D eigenvalue weighted by molar-refractivity contribution is 5.57. The molecule has 1 radical (unpaired) electrons. The maximum absolute atomic E-state index is 9.74. The van der Waals surface area contributed by atoms with Gasteiger partial charge in [-0.25, -0.2) is 0 Å². The Labute approximate surface area is 49.0 Å². The maximum Gasteiger partial charge on any atom is 0.219 e. The molecule has 0 aliphatic rings. The van der Waals surface area contributed by atoms with Crippen molar-refractivity contribution in [2.24, 2.45) is 0 Å². The van der Waals surface area contributed by atoms with E-state index in [4.69, 9.17) is 0 Å². The van der Waals surface area contributed by atoms with Gasteiger partial charge in [0.05, 0.1) is 12.6 Å². The molecule has 0 saturated carbocycles. The highest BCUT2D eigenvalue weighted by Crippen LogP contribution is 1.72. The first-order valence-corrected chi connectivity index (χ1v) is 2.56. The summed E-state index contributed by atoms with van der Waals surface area (Å²) in [6.07, 6.45) is 1.71. The van der Waals surface area contributed by atoms with Gasteiger partial charge in [-0.1, -0.05) is 0 Å². The fraction of sp³-hybridized carbons (Fsp3) is 0.800. The van der Waals surface area contributed by atoms with Gasteiger partial charge in [0.2, 0.25) is 6.29 Å². The van der Waals surface area contributed by atoms with Crippen LogP contribution >= 0.6 is 0 Å². The third kappa shape index (κ3) is 3.77. The van der Waals surface area contributed by atoms with E-state index in [0.29, 0.717) is 6.61 Å². The van der Waals surface area contributed by atoms with Crippen LogP contribution in [0.2, 0.25) is 0 Å². The van der Waals surface area contributed by atoms with Crippen molar-refractivity contribution in [2.45, 2.75) is 19.9 Å². The molecular formula is C5H10NO2. The van der Waals surface area contributed by atoms with Crippen molar-refractivity contribution in [3.05, 3.63) is 0 Å². The predicted octanol–water partition coefficient (Wildman–Crippen LogP) is 0.0257. The van der Waals surface area contributed by atoms with Crippen molar-refractivity contribution in [2.75, 3.05) is 6.61 Å². The first kappa shape index (κ1) is 7.59. The molecule has 0 aromatic carbocycles. The fourth-order valence-corrected chi connectivity index (χ4v) is 0.232. The number of hydrogen-bond donors (Lipinski definition) is 1. The number of rotatable bonds is 4. The minimum Gasteiger partial charge on any atom is -0.301 e. The van der Waals surface area contributed by atoms with Crippen LogP contribution in [0.15, 0.2) is 0 Å². The molecule has 0 aromatic rings. The molecule has 0 aliphatic carbocycles. The Kier molecular flexibility index (Phi) is 4.50. The van der Waals surface area contributed by atoms with E-state index in [2.05, 4.69) is 10.3 Å². The largest absolute Gasteiger partial charge is 0.301 e. The molecule has 1 N–H and O–H groups in total. The smallest absolute Gasteiger partial charge is 0.219 e. The highest BCUT2D eigenvalue weighted by atomic mass is 16.6. The quantitative estimate of drug-likeness (QED) is 0.526. The van der Waals surface area contributed by atoms with Crippen molar-refractivity contribution >= 4 is 6.29 Å². The Morgan fingerprint density at radius 3 is 2.88 bits per heavy atom. The number of hydroxylamine groups is 1. The van der Waals surface area contributed by atoms with Crippen molar-refractivity contribution in [3.63, 3.8) is 0 Å². The van der Waals surface area contributed by atoms with Crippen molar-refractivity contribution < 1.29 is 9.63 Å². The molecule has 8 heavy (non-hydrogen) atoms. The van der Waals surface area contributed by atoms with Crippen LogP contribution in [0, 0.1) is 0 Å². The van der Waals surface area contributed by atoms with Gasteiger partial charge in [-0.3, -0.25) is 4.79 Å². The molecule has 0 bridgehead atoms. The second-order valence-corrected chi connectivity index (χ2v) is 1.39. The van der Waals surface area contributed by atoms with Crippen LogP contribution in [0.1, 0.15) is 13.8 Å². The van der Waals surface area contributed by atoms with Gasteiger partial charge in [-0.05, 0) is 13.8 Å². The molecule has 0 amide bonds. The van der Waals surface area contributed by atoms with Crippen LogP contribution < -0.4 is 5.48 Å². The van der Waals surface area contributed by atoms with E-state index in [9.17, 15) is 4.79 Å². The lowest BCUT2D eigenvalue weighted by atomic mass is 10.4. The van der Waals surface area contributed by atoms with E-state index in [1.54, 1.807) is 13.2 Å². The Hall–Kier alpha value is -0.410. The van der Waals surface area contributed by atoms with E-state index in [1.807, 2.05) is 6.92 Å². The minimum absolute atomic E-state index is 0.324. The zero-order chi connectivity index (χ0) is 6.41. The lowest BCUT2D eigenvalue weighted by Gasteiger charge is -2.02. The summed E-state index contributed by atoms with van der Waals surface area (Å²) in [5.74, 6) is 0. The van der Waals surface area contributed by atoms with E-state index < -0.39 is 0 Å². The van der Waals surface area contributed by atoms with Crippen LogP contribution in [-0.4, -0.2) is 18.9 Å². The molecule has 1 atom stereocenters. The third-order valence-electron chi connectivity index (χ3n) is 0.581. The van der Waals surface area contributed by atoms with Crippen LogP contribution in [0.3, 0.4) is 0 Å². The molecular weight excluding hydrogens is 106 g/mol. The molecule has 0 heterocycles. The molecule has 47 valence electrons. The zero-order valence-electron chi connectivity index (χ0n) is 5.10. The third-order valence-corrected chi connectivity index (χ3v) is 0.581. The average molecular weight is 116 g/mol. The SMILES string of the molecule is CCON[C@@H](C)[C]=O. The zero-order valence-corrected chi connectivity index (χ0v) is 5.10. The molecule has 0 unspecified atom stereocenters. The van der Waals surface area contributed by atoms with Gasteiger partial charge in [-0.15, -0.1) is 0 Å². The van der Waals surface area contributed by atoms with Crippen molar-refractivity contribution in [1.29, 1.82) is 0 Å². The summed E-state index contributed by atoms with van der Waals surface area (Å²) in [6.45, 7) is 4.07. The van der Waals surface area contributed by atoms with Gasteiger partial charge in [0, 0.05) is 0 Å². The summed E-state index contributed by atoms with van der Waals surface area (Å²) >= 11 is 0. The molecule has 0 aromatic heterocycles. The summed E-state index contributed by atoms with van der Waals surface area (Å²) in [4.78, 5) is 14.4. The minimum atomic E-state index is -0.324. The standard InChI is InChI=1S/C5H10NO2/c1-3-8-6-5(2)4-7/h5-6H,3H2,1-2H3/t5-/m0/s1. The van der Waals surface area contributed by atoms with Crippen LogP contribution in [0.5, 0.6) is 0 Å². The van der Waals surface area contributed by atoms with E-state index >= 15 is 0 Å². The number of carbonyl (C=O) groups excluding carboxylic acids is 1. The summed E-state index contributed by atoms with van der Waals surface area (Å²) in [6, 6.07) is -0.324. The lowest BCUT2D eigenvalue weighted by Crippen LogP contribution is -2.27. The van der Waals surface area contributed by atoms with Gasteiger partial charge < -0.3 is 4.84 Å². The summed E-state index contributed by atoms with van der Waals surface area (Å²) in [5, 5.41) is 0. The van der Waals surface area contributed by atoms with E-state index in [-0.39, 0.29) is 6.04 Å². The first-order valence-electron chi connectivity index (χ1n) is 2.56. The molecule has 0 rings (SSSR count). The highest BCUT2D eigenvalue weighted by Gasteiger charge is 1.95.